The second-order valence-corrected chi connectivity index (χ2v) is 31.2. The number of carboxylic acids is 3. The SMILES string of the molecule is CC1CCCC(CC(O)c2ccc(C3=CCC[C@@H]3CCCc3ccc(C(=O)O)s3)cc2)C1.CCCC1CCOC(c2ccc(C3=CCC[C@@H]3CCCc3ccc(C(=O)O)s3)cc2)C1.CCCCCC(O)c1ccc(C2=CCC[C@@H]2CCCc2ccc(C(=O)O)s2)s1. The van der Waals surface area contributed by atoms with Gasteiger partial charge >= 0.3 is 17.9 Å². The minimum atomic E-state index is -0.831. The fraction of sp³-hybridized carbons (Fsp3) is 0.526. The average Bonchev–Trinajstić information content (AvgIpc) is 2.91. The highest BCUT2D eigenvalue weighted by molar-refractivity contribution is 7.14. The predicted octanol–water partition coefficient (Wildman–Crippen LogP) is 22.0. The van der Waals surface area contributed by atoms with E-state index in [9.17, 15) is 24.6 Å². The first kappa shape index (κ1) is 70.1. The van der Waals surface area contributed by atoms with Crippen LogP contribution >= 0.6 is 45.3 Å². The van der Waals surface area contributed by atoms with Crippen molar-refractivity contribution >= 4 is 80.0 Å². The fourth-order valence-electron chi connectivity index (χ4n) is 14.8. The lowest BCUT2D eigenvalue weighted by atomic mass is 9.79. The maximum absolute atomic E-state index is 11.1. The van der Waals surface area contributed by atoms with Gasteiger partial charge in [0.2, 0.25) is 0 Å². The van der Waals surface area contributed by atoms with Crippen LogP contribution in [0.3, 0.4) is 0 Å². The summed E-state index contributed by atoms with van der Waals surface area (Å²) in [5.74, 6) is 1.56. The molecule has 2 fully saturated rings. The third kappa shape index (κ3) is 20.9. The molecule has 0 spiro atoms. The Kier molecular flexibility index (Phi) is 27.6. The molecule has 13 heteroatoms. The number of carbonyl (C=O) groups is 3. The molecule has 1 saturated carbocycles. The van der Waals surface area contributed by atoms with Crippen LogP contribution in [0.2, 0.25) is 0 Å². The van der Waals surface area contributed by atoms with Gasteiger partial charge in [0, 0.05) is 31.0 Å². The molecule has 1 saturated heterocycles. The number of aromatic carboxylic acids is 3. The van der Waals surface area contributed by atoms with E-state index >= 15 is 0 Å². The Labute approximate surface area is 558 Å². The van der Waals surface area contributed by atoms with E-state index in [1.165, 1.54) is 161 Å². The van der Waals surface area contributed by atoms with Crippen LogP contribution < -0.4 is 0 Å². The molecule has 0 radical (unpaired) electrons. The highest BCUT2D eigenvalue weighted by Crippen LogP contribution is 2.44. The lowest BCUT2D eigenvalue weighted by molar-refractivity contribution is -0.0121. The standard InChI is InChI=1S/C28H36O3S.C27H34O3S.C23H30O3S2/c1-19-5-2-6-20(17-19)18-26(29)23-13-11-22(12-14-23)25-10-4-8-21(25)7-3-9-24-15-16-27(32-24)28(30)31;1-2-5-19-16-17-30-25(18-19)22-12-10-21(11-13-22)24-9-4-7-20(24)6-3-8-23-14-15-26(31-23)27(28)29;1-2-3-4-11-19(24)21-15-14-20(28-21)18-10-6-8-16(18)7-5-9-17-12-13-22(27-17)23(25)26/h10-16,19-21,26,29H,2-9,17-18H2,1H3,(H,30,31);9-15,19-20,25H,2-8,16-18H2,1H3,(H,28,29);10,12-16,19,24H,2-9,11H2,1H3,(H,25,26)/t19?,20?,21-,26?;19?,20-,25?;16-,19?/m000/s1. The summed E-state index contributed by atoms with van der Waals surface area (Å²) in [6, 6.07) is 33.1. The van der Waals surface area contributed by atoms with Gasteiger partial charge in [-0.25, -0.2) is 14.4 Å². The minimum absolute atomic E-state index is 0.259. The third-order valence-corrected chi connectivity index (χ3v) is 24.4. The summed E-state index contributed by atoms with van der Waals surface area (Å²) in [6.45, 7) is 7.69. The molecule has 0 amide bonds. The van der Waals surface area contributed by atoms with Crippen molar-refractivity contribution in [3.63, 3.8) is 0 Å². The molecule has 11 rings (SSSR count). The molecule has 6 unspecified atom stereocenters. The Bertz CT molecular complexity index is 3320. The molecule has 4 aromatic heterocycles. The first-order valence-corrected chi connectivity index (χ1v) is 37.8. The number of aryl methyl sites for hydroxylation is 3. The Hall–Kier alpha value is -5.25. The van der Waals surface area contributed by atoms with Gasteiger partial charge in [-0.15, -0.1) is 45.3 Å². The van der Waals surface area contributed by atoms with Crippen LogP contribution in [-0.4, -0.2) is 50.0 Å². The van der Waals surface area contributed by atoms with E-state index in [0.29, 0.717) is 38.3 Å². The summed E-state index contributed by atoms with van der Waals surface area (Å²) in [4.78, 5) is 40.4. The average molecular weight is 1310 g/mol. The summed E-state index contributed by atoms with van der Waals surface area (Å²) in [6.07, 6.45) is 38.7. The number of allylic oxidation sites excluding steroid dienone is 6. The summed E-state index contributed by atoms with van der Waals surface area (Å²) in [7, 11) is 0. The van der Waals surface area contributed by atoms with E-state index in [2.05, 4.69) is 99.7 Å². The van der Waals surface area contributed by atoms with Crippen LogP contribution in [0.4, 0.5) is 0 Å². The largest absolute Gasteiger partial charge is 0.477 e. The predicted molar refractivity (Wildman–Crippen MR) is 378 cm³/mol. The second-order valence-electron chi connectivity index (χ2n) is 26.6. The maximum Gasteiger partial charge on any atom is 0.345 e. The number of hydrogen-bond donors (Lipinski definition) is 5. The second kappa shape index (κ2) is 35.9. The molecule has 4 aliphatic carbocycles. The zero-order chi connectivity index (χ0) is 64.1. The van der Waals surface area contributed by atoms with E-state index in [4.69, 9.17) is 20.1 Å². The van der Waals surface area contributed by atoms with Crippen LogP contribution in [-0.2, 0) is 24.0 Å². The Morgan fingerprint density at radius 1 is 0.505 bits per heavy atom. The van der Waals surface area contributed by atoms with Crippen molar-refractivity contribution in [2.45, 2.75) is 219 Å². The topological polar surface area (TPSA) is 162 Å². The van der Waals surface area contributed by atoms with Gasteiger partial charge in [-0.3, -0.25) is 0 Å². The van der Waals surface area contributed by atoms with Crippen LogP contribution in [0.5, 0.6) is 0 Å². The molecule has 5 aliphatic rings. The van der Waals surface area contributed by atoms with E-state index in [1.807, 2.05) is 18.2 Å². The number of benzene rings is 2. The Morgan fingerprint density at radius 2 is 1.02 bits per heavy atom. The number of ether oxygens (including phenoxy) is 1. The number of rotatable bonds is 29. The number of aliphatic hydroxyl groups is 2. The fourth-order valence-corrected chi connectivity index (χ4v) is 18.7. The molecular weight excluding hydrogens is 1210 g/mol. The van der Waals surface area contributed by atoms with Crippen molar-refractivity contribution in [1.82, 2.24) is 0 Å². The highest BCUT2D eigenvalue weighted by Gasteiger charge is 2.28. The van der Waals surface area contributed by atoms with E-state index in [1.54, 1.807) is 29.5 Å². The lowest BCUT2D eigenvalue weighted by Gasteiger charge is -2.30. The molecule has 6 aromatic rings. The van der Waals surface area contributed by atoms with E-state index in [0.717, 1.165) is 135 Å². The van der Waals surface area contributed by atoms with Crippen LogP contribution in [0, 0.1) is 35.5 Å². The number of thiophene rings is 4. The molecule has 1 aliphatic heterocycles. The van der Waals surface area contributed by atoms with Gasteiger partial charge in [0.05, 0.1) is 18.3 Å². The van der Waals surface area contributed by atoms with Crippen molar-refractivity contribution in [2.24, 2.45) is 35.5 Å². The molecule has 0 bridgehead atoms. The molecular formula is C78H100O9S4. The van der Waals surface area contributed by atoms with Gasteiger partial charge in [0.15, 0.2) is 0 Å². The smallest absolute Gasteiger partial charge is 0.345 e. The summed E-state index contributed by atoms with van der Waals surface area (Å²) < 4.78 is 6.09. The minimum Gasteiger partial charge on any atom is -0.477 e. The number of aliphatic hydroxyl groups excluding tert-OH is 2. The molecule has 490 valence electrons. The highest BCUT2D eigenvalue weighted by atomic mass is 32.1. The zero-order valence-corrected chi connectivity index (χ0v) is 57.4. The first-order valence-electron chi connectivity index (χ1n) is 34.6. The Morgan fingerprint density at radius 3 is 1.52 bits per heavy atom. The number of carboxylic acid groups (broad SMARTS) is 3. The molecule has 9 nitrogen and oxygen atoms in total. The third-order valence-electron chi connectivity index (χ3n) is 19.8. The van der Waals surface area contributed by atoms with E-state index in [-0.39, 0.29) is 18.3 Å². The van der Waals surface area contributed by atoms with Crippen molar-refractivity contribution < 1.29 is 44.7 Å². The summed E-state index contributed by atoms with van der Waals surface area (Å²) in [5, 5.41) is 48.4. The van der Waals surface area contributed by atoms with Gasteiger partial charge in [-0.1, -0.05) is 139 Å². The molecule has 9 atom stereocenters. The van der Waals surface area contributed by atoms with E-state index < -0.39 is 17.9 Å². The van der Waals surface area contributed by atoms with Gasteiger partial charge in [-0.05, 0) is 251 Å². The first-order chi connectivity index (χ1) is 44.2. The van der Waals surface area contributed by atoms with Gasteiger partial charge in [0.1, 0.15) is 14.6 Å². The zero-order valence-electron chi connectivity index (χ0n) is 54.2. The molecule has 5 N–H and O–H groups in total. The Balaban J connectivity index is 0.000000162. The summed E-state index contributed by atoms with van der Waals surface area (Å²) >= 11 is 5.96. The lowest BCUT2D eigenvalue weighted by Crippen LogP contribution is -2.19. The van der Waals surface area contributed by atoms with Crippen LogP contribution in [0.25, 0.3) is 16.7 Å². The van der Waals surface area contributed by atoms with Gasteiger partial charge < -0.3 is 30.3 Å². The van der Waals surface area contributed by atoms with Gasteiger partial charge in [-0.2, -0.15) is 0 Å². The quantitative estimate of drug-likeness (QED) is 0.0288. The maximum atomic E-state index is 11.1. The summed E-state index contributed by atoms with van der Waals surface area (Å²) in [5.41, 5.74) is 9.42. The van der Waals surface area contributed by atoms with Gasteiger partial charge in [0.25, 0.3) is 0 Å². The van der Waals surface area contributed by atoms with Crippen molar-refractivity contribution in [3.8, 4) is 0 Å². The van der Waals surface area contributed by atoms with Crippen molar-refractivity contribution in [1.29, 1.82) is 0 Å². The monoisotopic (exact) mass is 1310 g/mol. The molecule has 5 heterocycles. The van der Waals surface area contributed by atoms with Crippen molar-refractivity contribution in [2.75, 3.05) is 6.61 Å². The number of unbranched alkanes of at least 4 members (excludes halogenated alkanes) is 2. The van der Waals surface area contributed by atoms with Crippen LogP contribution in [0.15, 0.2) is 115 Å². The van der Waals surface area contributed by atoms with Crippen LogP contribution in [0.1, 0.15) is 275 Å². The van der Waals surface area contributed by atoms with Crippen molar-refractivity contribution in [3.05, 3.63) is 177 Å². The molecule has 91 heavy (non-hydrogen) atoms. The number of hydrogen-bond acceptors (Lipinski definition) is 10. The normalized spacial score (nSPS) is 22.0. The molecule has 2 aromatic carbocycles.